The van der Waals surface area contributed by atoms with Gasteiger partial charge in [-0.2, -0.15) is 0 Å². The zero-order chi connectivity index (χ0) is 13.5. The van der Waals surface area contributed by atoms with Gasteiger partial charge in [-0.25, -0.2) is 4.98 Å². The van der Waals surface area contributed by atoms with Crippen LogP contribution in [0.3, 0.4) is 0 Å². The molecule has 3 heteroatoms. The third kappa shape index (κ3) is 4.34. The van der Waals surface area contributed by atoms with Crippen molar-refractivity contribution in [3.63, 3.8) is 0 Å². The summed E-state index contributed by atoms with van der Waals surface area (Å²) in [6, 6.07) is 0. The number of imidazole rings is 1. The van der Waals surface area contributed by atoms with E-state index in [1.807, 2.05) is 6.20 Å². The van der Waals surface area contributed by atoms with Crippen LogP contribution in [-0.4, -0.2) is 16.1 Å². The number of nitrogens with zero attached hydrogens (tertiary/aromatic N) is 2. The number of hydrogen-bond donors (Lipinski definition) is 1. The maximum Gasteiger partial charge on any atom is 0.122 e. The largest absolute Gasteiger partial charge is 0.334 e. The highest BCUT2D eigenvalue weighted by molar-refractivity contribution is 4.92. The molecule has 1 aliphatic rings. The van der Waals surface area contributed by atoms with Gasteiger partial charge in [0, 0.05) is 18.9 Å². The molecule has 0 aliphatic heterocycles. The highest BCUT2D eigenvalue weighted by Crippen LogP contribution is 2.30. The summed E-state index contributed by atoms with van der Waals surface area (Å²) in [4.78, 5) is 4.44. The van der Waals surface area contributed by atoms with Gasteiger partial charge >= 0.3 is 0 Å². The first-order valence-corrected chi connectivity index (χ1v) is 8.04. The van der Waals surface area contributed by atoms with Crippen LogP contribution in [0, 0.1) is 11.8 Å². The summed E-state index contributed by atoms with van der Waals surface area (Å²) in [6.45, 7) is 7.70. The summed E-state index contributed by atoms with van der Waals surface area (Å²) in [5, 5.41) is 3.61. The molecule has 0 spiro atoms. The van der Waals surface area contributed by atoms with Crippen LogP contribution in [0.1, 0.15) is 58.2 Å². The molecule has 3 nitrogen and oxygen atoms in total. The first kappa shape index (κ1) is 14.6. The molecule has 0 radical (unpaired) electrons. The Morgan fingerprint density at radius 3 is 2.63 bits per heavy atom. The van der Waals surface area contributed by atoms with Gasteiger partial charge < -0.3 is 9.88 Å². The van der Waals surface area contributed by atoms with Gasteiger partial charge in [-0.3, -0.25) is 0 Å². The highest BCUT2D eigenvalue weighted by atomic mass is 15.1. The van der Waals surface area contributed by atoms with Crippen molar-refractivity contribution < 1.29 is 0 Å². The Morgan fingerprint density at radius 1 is 1.21 bits per heavy atom. The maximum atomic E-state index is 4.44. The number of nitrogens with one attached hydrogen (secondary N) is 1. The average Bonchev–Trinajstić information content (AvgIpc) is 2.88. The standard InChI is InChI=1S/C16H29N3/c1-3-10-19-11-9-18-16(19)13-17-12-15-7-5-14(4-2)6-8-15/h9,11,14-15,17H,3-8,10,12-13H2,1-2H3. The monoisotopic (exact) mass is 263 g/mol. The lowest BCUT2D eigenvalue weighted by atomic mass is 9.81. The Morgan fingerprint density at radius 2 is 1.95 bits per heavy atom. The topological polar surface area (TPSA) is 29.9 Å². The fourth-order valence-electron chi connectivity index (χ4n) is 3.18. The lowest BCUT2D eigenvalue weighted by Gasteiger charge is -2.27. The van der Waals surface area contributed by atoms with Crippen LogP contribution in [0.2, 0.25) is 0 Å². The lowest BCUT2D eigenvalue weighted by molar-refractivity contribution is 0.262. The minimum atomic E-state index is 0.886. The number of aryl methyl sites for hydroxylation is 1. The predicted molar refractivity (Wildman–Crippen MR) is 80.0 cm³/mol. The second-order valence-electron chi connectivity index (χ2n) is 5.96. The van der Waals surface area contributed by atoms with Crippen molar-refractivity contribution in [2.75, 3.05) is 6.54 Å². The van der Waals surface area contributed by atoms with Gasteiger partial charge in [0.15, 0.2) is 0 Å². The van der Waals surface area contributed by atoms with Crippen molar-refractivity contribution in [1.82, 2.24) is 14.9 Å². The van der Waals surface area contributed by atoms with Crippen molar-refractivity contribution in [3.8, 4) is 0 Å². The van der Waals surface area contributed by atoms with Crippen LogP contribution >= 0.6 is 0 Å². The van der Waals surface area contributed by atoms with E-state index < -0.39 is 0 Å². The van der Waals surface area contributed by atoms with Gasteiger partial charge in [0.25, 0.3) is 0 Å². The third-order valence-corrected chi connectivity index (χ3v) is 4.53. The van der Waals surface area contributed by atoms with Gasteiger partial charge in [-0.05, 0) is 37.6 Å². The van der Waals surface area contributed by atoms with Crippen molar-refractivity contribution in [2.24, 2.45) is 11.8 Å². The molecule has 108 valence electrons. The van der Waals surface area contributed by atoms with Crippen LogP contribution < -0.4 is 5.32 Å². The van der Waals surface area contributed by atoms with E-state index in [4.69, 9.17) is 0 Å². The van der Waals surface area contributed by atoms with E-state index in [1.54, 1.807) is 0 Å². The molecule has 1 fully saturated rings. The molecular weight excluding hydrogens is 234 g/mol. The fourth-order valence-corrected chi connectivity index (χ4v) is 3.18. The zero-order valence-electron chi connectivity index (χ0n) is 12.6. The number of aromatic nitrogens is 2. The molecule has 0 aromatic carbocycles. The molecule has 0 unspecified atom stereocenters. The summed E-state index contributed by atoms with van der Waals surface area (Å²) in [6.07, 6.45) is 12.2. The van der Waals surface area contributed by atoms with E-state index in [9.17, 15) is 0 Å². The first-order chi connectivity index (χ1) is 9.33. The molecule has 1 aliphatic carbocycles. The average molecular weight is 263 g/mol. The van der Waals surface area contributed by atoms with E-state index in [2.05, 4.69) is 34.9 Å². The second kappa shape index (κ2) is 7.68. The van der Waals surface area contributed by atoms with Crippen LogP contribution in [-0.2, 0) is 13.1 Å². The lowest BCUT2D eigenvalue weighted by Crippen LogP contribution is -2.27. The summed E-state index contributed by atoms with van der Waals surface area (Å²) < 4.78 is 2.26. The number of rotatable bonds is 7. The first-order valence-electron chi connectivity index (χ1n) is 8.04. The number of hydrogen-bond acceptors (Lipinski definition) is 2. The minimum absolute atomic E-state index is 0.886. The second-order valence-corrected chi connectivity index (χ2v) is 5.96. The molecule has 0 amide bonds. The molecule has 1 heterocycles. The molecule has 1 N–H and O–H groups in total. The van der Waals surface area contributed by atoms with E-state index in [-0.39, 0.29) is 0 Å². The Bertz CT molecular complexity index is 351. The summed E-state index contributed by atoms with van der Waals surface area (Å²) in [5.41, 5.74) is 0. The van der Waals surface area contributed by atoms with Crippen molar-refractivity contribution in [3.05, 3.63) is 18.2 Å². The highest BCUT2D eigenvalue weighted by Gasteiger charge is 2.19. The van der Waals surface area contributed by atoms with Crippen LogP contribution in [0.15, 0.2) is 12.4 Å². The fraction of sp³-hybridized carbons (Fsp3) is 0.812. The van der Waals surface area contributed by atoms with Crippen LogP contribution in [0.5, 0.6) is 0 Å². The van der Waals surface area contributed by atoms with Crippen LogP contribution in [0.25, 0.3) is 0 Å². The normalized spacial score (nSPS) is 23.7. The molecule has 1 aromatic heterocycles. The molecule has 1 saturated carbocycles. The molecular formula is C16H29N3. The van der Waals surface area contributed by atoms with E-state index in [0.717, 1.165) is 31.5 Å². The Hall–Kier alpha value is -0.830. The molecule has 0 atom stereocenters. The smallest absolute Gasteiger partial charge is 0.122 e. The van der Waals surface area contributed by atoms with Gasteiger partial charge in [0.1, 0.15) is 5.82 Å². The molecule has 2 rings (SSSR count). The molecule has 0 saturated heterocycles. The Balaban J connectivity index is 1.67. The zero-order valence-corrected chi connectivity index (χ0v) is 12.6. The van der Waals surface area contributed by atoms with E-state index in [0.29, 0.717) is 0 Å². The van der Waals surface area contributed by atoms with E-state index >= 15 is 0 Å². The summed E-state index contributed by atoms with van der Waals surface area (Å²) in [7, 11) is 0. The minimum Gasteiger partial charge on any atom is -0.334 e. The van der Waals surface area contributed by atoms with Gasteiger partial charge in [0.05, 0.1) is 6.54 Å². The maximum absolute atomic E-state index is 4.44. The van der Waals surface area contributed by atoms with Gasteiger partial charge in [-0.1, -0.05) is 33.1 Å². The molecule has 1 aromatic rings. The SMILES string of the molecule is CCCn1ccnc1CNCC1CCC(CC)CC1. The predicted octanol–water partition coefficient (Wildman–Crippen LogP) is 3.60. The van der Waals surface area contributed by atoms with Gasteiger partial charge in [0.2, 0.25) is 0 Å². The molecule has 0 bridgehead atoms. The third-order valence-electron chi connectivity index (χ3n) is 4.53. The van der Waals surface area contributed by atoms with Crippen molar-refractivity contribution >= 4 is 0 Å². The Kier molecular flexibility index (Phi) is 5.90. The van der Waals surface area contributed by atoms with Crippen molar-refractivity contribution in [2.45, 2.75) is 65.5 Å². The van der Waals surface area contributed by atoms with Gasteiger partial charge in [-0.15, -0.1) is 0 Å². The summed E-state index contributed by atoms with van der Waals surface area (Å²) >= 11 is 0. The van der Waals surface area contributed by atoms with E-state index in [1.165, 1.54) is 44.3 Å². The quantitative estimate of drug-likeness (QED) is 0.814. The molecule has 19 heavy (non-hydrogen) atoms. The van der Waals surface area contributed by atoms with Crippen molar-refractivity contribution in [1.29, 1.82) is 0 Å². The Labute approximate surface area is 117 Å². The van der Waals surface area contributed by atoms with Crippen LogP contribution in [0.4, 0.5) is 0 Å². The summed E-state index contributed by atoms with van der Waals surface area (Å²) in [5.74, 6) is 3.07.